The van der Waals surface area contributed by atoms with Crippen LogP contribution in [0.3, 0.4) is 0 Å². The van der Waals surface area contributed by atoms with Gasteiger partial charge in [-0.25, -0.2) is 15.0 Å². The first-order valence-corrected chi connectivity index (χ1v) is 16.4. The number of furan rings is 1. The fourth-order valence-corrected chi connectivity index (χ4v) is 6.98. The molecule has 0 bridgehead atoms. The molecular formula is C45H27N3O. The van der Waals surface area contributed by atoms with E-state index in [0.717, 1.165) is 99.5 Å². The number of benzene rings is 6. The highest BCUT2D eigenvalue weighted by molar-refractivity contribution is 6.19. The van der Waals surface area contributed by atoms with Gasteiger partial charge in [0, 0.05) is 38.2 Å². The van der Waals surface area contributed by atoms with Crippen molar-refractivity contribution in [2.75, 3.05) is 0 Å². The van der Waals surface area contributed by atoms with Gasteiger partial charge in [-0.05, 0) is 41.5 Å². The summed E-state index contributed by atoms with van der Waals surface area (Å²) in [6.45, 7) is 0. The molecule has 0 spiro atoms. The number of hydrogen-bond acceptors (Lipinski definition) is 4. The summed E-state index contributed by atoms with van der Waals surface area (Å²) in [7, 11) is 0. The molecule has 4 heterocycles. The van der Waals surface area contributed by atoms with Crippen molar-refractivity contribution in [3.63, 3.8) is 0 Å². The Kier molecular flexibility index (Phi) is 6.15. The second-order valence-electron chi connectivity index (χ2n) is 12.4. The van der Waals surface area contributed by atoms with Crippen molar-refractivity contribution < 1.29 is 4.42 Å². The zero-order valence-electron chi connectivity index (χ0n) is 26.3. The van der Waals surface area contributed by atoms with Gasteiger partial charge < -0.3 is 4.42 Å². The summed E-state index contributed by atoms with van der Waals surface area (Å²) in [5.41, 5.74) is 12.6. The van der Waals surface area contributed by atoms with Crippen LogP contribution in [0.1, 0.15) is 0 Å². The van der Waals surface area contributed by atoms with Gasteiger partial charge in [0.1, 0.15) is 11.2 Å². The maximum Gasteiger partial charge on any atom is 0.147 e. The number of fused-ring (bicyclic) bond motifs is 8. The van der Waals surface area contributed by atoms with Crippen LogP contribution in [0.5, 0.6) is 0 Å². The van der Waals surface area contributed by atoms with Gasteiger partial charge in [-0.15, -0.1) is 0 Å². The third-order valence-electron chi connectivity index (χ3n) is 9.46. The van der Waals surface area contributed by atoms with Crippen molar-refractivity contribution in [2.45, 2.75) is 0 Å². The van der Waals surface area contributed by atoms with Crippen molar-refractivity contribution in [2.24, 2.45) is 0 Å². The lowest BCUT2D eigenvalue weighted by Crippen LogP contribution is -1.92. The van der Waals surface area contributed by atoms with E-state index in [1.807, 2.05) is 36.4 Å². The normalized spacial score (nSPS) is 11.7. The van der Waals surface area contributed by atoms with Gasteiger partial charge in [0.15, 0.2) is 0 Å². The Morgan fingerprint density at radius 3 is 1.63 bits per heavy atom. The average molecular weight is 626 g/mol. The monoisotopic (exact) mass is 625 g/mol. The minimum atomic E-state index is 0.855. The van der Waals surface area contributed by atoms with E-state index in [1.54, 1.807) is 0 Å². The lowest BCUT2D eigenvalue weighted by atomic mass is 9.99. The molecule has 4 aromatic heterocycles. The highest BCUT2D eigenvalue weighted by atomic mass is 16.3. The molecule has 49 heavy (non-hydrogen) atoms. The van der Waals surface area contributed by atoms with Crippen LogP contribution in [0.4, 0.5) is 0 Å². The molecule has 0 N–H and O–H groups in total. The molecule has 0 saturated heterocycles. The summed E-state index contributed by atoms with van der Waals surface area (Å²) < 4.78 is 6.52. The van der Waals surface area contributed by atoms with E-state index in [4.69, 9.17) is 19.4 Å². The number of aromatic nitrogens is 3. The van der Waals surface area contributed by atoms with Crippen molar-refractivity contribution in [3.05, 3.63) is 164 Å². The van der Waals surface area contributed by atoms with Crippen molar-refractivity contribution in [1.29, 1.82) is 0 Å². The Bertz CT molecular complexity index is 2860. The lowest BCUT2D eigenvalue weighted by Gasteiger charge is -2.10. The first kappa shape index (κ1) is 27.5. The van der Waals surface area contributed by atoms with Crippen LogP contribution in [0.2, 0.25) is 0 Å². The number of para-hydroxylation sites is 1. The van der Waals surface area contributed by atoms with Gasteiger partial charge in [-0.3, -0.25) is 0 Å². The van der Waals surface area contributed by atoms with Gasteiger partial charge in [-0.1, -0.05) is 133 Å². The molecule has 0 aliphatic heterocycles. The summed E-state index contributed by atoms with van der Waals surface area (Å²) in [6, 6.07) is 56.6. The molecular weight excluding hydrogens is 599 g/mol. The second-order valence-corrected chi connectivity index (χ2v) is 12.4. The Hall–Kier alpha value is -6.65. The standard InChI is InChI=1S/C45H27N3O/c1-3-9-28(10-4-1)34-21-24-35-39(27-34)48-42(41-36-13-7-8-14-40(36)49-45(35)41)31-17-15-30(16-18-31)38-26-23-33-20-19-32-22-25-37(29-11-5-2-6-12-29)46-43(32)44(33)47-38/h1-27H. The average Bonchev–Trinajstić information content (AvgIpc) is 3.58. The SMILES string of the molecule is c1ccc(-c2ccc3c(c2)nc(-c2ccc(-c4ccc5ccc6ccc(-c7ccccc7)nc6c5n4)cc2)c2c4ccccc4oc32)cc1. The highest BCUT2D eigenvalue weighted by Gasteiger charge is 2.18. The molecule has 4 heteroatoms. The van der Waals surface area contributed by atoms with E-state index in [2.05, 4.69) is 127 Å². The summed E-state index contributed by atoms with van der Waals surface area (Å²) in [5, 5.41) is 5.22. The van der Waals surface area contributed by atoms with Crippen molar-refractivity contribution in [1.82, 2.24) is 15.0 Å². The van der Waals surface area contributed by atoms with Crippen LogP contribution >= 0.6 is 0 Å². The number of nitrogens with zero attached hydrogens (tertiary/aromatic N) is 3. The molecule has 228 valence electrons. The molecule has 0 aliphatic rings. The largest absolute Gasteiger partial charge is 0.455 e. The number of rotatable bonds is 4. The van der Waals surface area contributed by atoms with E-state index in [1.165, 1.54) is 0 Å². The van der Waals surface area contributed by atoms with Gasteiger partial charge >= 0.3 is 0 Å². The van der Waals surface area contributed by atoms with Crippen LogP contribution in [0, 0.1) is 0 Å². The molecule has 10 aromatic rings. The zero-order valence-corrected chi connectivity index (χ0v) is 26.3. The molecule has 4 nitrogen and oxygen atoms in total. The summed E-state index contributed by atoms with van der Waals surface area (Å²) in [5.74, 6) is 0. The number of hydrogen-bond donors (Lipinski definition) is 0. The fourth-order valence-electron chi connectivity index (χ4n) is 6.98. The molecule has 0 amide bonds. The Morgan fingerprint density at radius 2 is 0.939 bits per heavy atom. The second kappa shape index (κ2) is 11.0. The van der Waals surface area contributed by atoms with E-state index in [0.29, 0.717) is 0 Å². The maximum atomic E-state index is 6.52. The van der Waals surface area contributed by atoms with E-state index in [-0.39, 0.29) is 0 Å². The minimum Gasteiger partial charge on any atom is -0.455 e. The predicted molar refractivity (Wildman–Crippen MR) is 201 cm³/mol. The fraction of sp³-hybridized carbons (Fsp3) is 0. The topological polar surface area (TPSA) is 51.8 Å². The van der Waals surface area contributed by atoms with E-state index in [9.17, 15) is 0 Å². The van der Waals surface area contributed by atoms with Crippen molar-refractivity contribution in [3.8, 4) is 44.9 Å². The summed E-state index contributed by atoms with van der Waals surface area (Å²) in [4.78, 5) is 15.6. The third-order valence-corrected chi connectivity index (χ3v) is 9.46. The number of pyridine rings is 3. The molecule has 0 unspecified atom stereocenters. The molecule has 0 saturated carbocycles. The molecule has 0 atom stereocenters. The Balaban J connectivity index is 1.11. The van der Waals surface area contributed by atoms with Crippen LogP contribution in [0.15, 0.2) is 168 Å². The quantitative estimate of drug-likeness (QED) is 0.183. The first-order chi connectivity index (χ1) is 24.3. The van der Waals surface area contributed by atoms with Gasteiger partial charge in [0.05, 0.1) is 39.0 Å². The summed E-state index contributed by atoms with van der Waals surface area (Å²) in [6.07, 6.45) is 0. The Morgan fingerprint density at radius 1 is 0.388 bits per heavy atom. The highest BCUT2D eigenvalue weighted by Crippen LogP contribution is 2.40. The smallest absolute Gasteiger partial charge is 0.147 e. The maximum absolute atomic E-state index is 6.52. The first-order valence-electron chi connectivity index (χ1n) is 16.4. The van der Waals surface area contributed by atoms with Gasteiger partial charge in [0.2, 0.25) is 0 Å². The molecule has 0 aliphatic carbocycles. The van der Waals surface area contributed by atoms with Crippen molar-refractivity contribution >= 4 is 54.6 Å². The molecule has 0 fully saturated rings. The lowest BCUT2D eigenvalue weighted by molar-refractivity contribution is 0.672. The predicted octanol–water partition coefficient (Wildman–Crippen LogP) is 11.9. The zero-order chi connectivity index (χ0) is 32.3. The van der Waals surface area contributed by atoms with Crippen LogP contribution in [-0.4, -0.2) is 15.0 Å². The van der Waals surface area contributed by atoms with Crippen LogP contribution in [0.25, 0.3) is 99.5 Å². The van der Waals surface area contributed by atoms with Gasteiger partial charge in [0.25, 0.3) is 0 Å². The van der Waals surface area contributed by atoms with Crippen LogP contribution < -0.4 is 0 Å². The van der Waals surface area contributed by atoms with E-state index < -0.39 is 0 Å². The summed E-state index contributed by atoms with van der Waals surface area (Å²) >= 11 is 0. The molecule has 10 rings (SSSR count). The molecule has 0 radical (unpaired) electrons. The minimum absolute atomic E-state index is 0.855. The van der Waals surface area contributed by atoms with E-state index >= 15 is 0 Å². The van der Waals surface area contributed by atoms with Crippen LogP contribution in [-0.2, 0) is 0 Å². The third kappa shape index (κ3) is 4.57. The Labute approximate surface area is 282 Å². The molecule has 6 aromatic carbocycles. The van der Waals surface area contributed by atoms with Gasteiger partial charge in [-0.2, -0.15) is 0 Å².